The van der Waals surface area contributed by atoms with Gasteiger partial charge in [-0.05, 0) is 6.42 Å². The van der Waals surface area contributed by atoms with Crippen molar-refractivity contribution in [1.29, 1.82) is 0 Å². The number of aliphatic hydroxyl groups is 1. The molecule has 5 heteroatoms. The standard InChI is InChI=1S/C6H12N2O3/c7-5-4-11-8(6(5)10)2-1-3-9/h5,9H,1-4,7H2/t5-/m1/s1. The minimum absolute atomic E-state index is 0.0579. The summed E-state index contributed by atoms with van der Waals surface area (Å²) < 4.78 is 0. The molecule has 0 unspecified atom stereocenters. The van der Waals surface area contributed by atoms with E-state index in [0.717, 1.165) is 0 Å². The Balaban J connectivity index is 2.30. The van der Waals surface area contributed by atoms with Gasteiger partial charge in [0, 0.05) is 6.61 Å². The van der Waals surface area contributed by atoms with Crippen LogP contribution in [-0.4, -0.2) is 41.9 Å². The first-order chi connectivity index (χ1) is 5.25. The molecule has 1 fully saturated rings. The Labute approximate surface area is 64.7 Å². The Hall–Kier alpha value is -0.650. The topological polar surface area (TPSA) is 75.8 Å². The zero-order valence-corrected chi connectivity index (χ0v) is 6.19. The minimum Gasteiger partial charge on any atom is -0.396 e. The lowest BCUT2D eigenvalue weighted by atomic mass is 10.3. The van der Waals surface area contributed by atoms with Gasteiger partial charge >= 0.3 is 0 Å². The molecular formula is C6H12N2O3. The Morgan fingerprint density at radius 3 is 3.00 bits per heavy atom. The van der Waals surface area contributed by atoms with Gasteiger partial charge in [-0.2, -0.15) is 0 Å². The summed E-state index contributed by atoms with van der Waals surface area (Å²) in [6.07, 6.45) is 0.526. The summed E-state index contributed by atoms with van der Waals surface area (Å²) in [5.41, 5.74) is 5.36. The van der Waals surface area contributed by atoms with Gasteiger partial charge in [-0.3, -0.25) is 9.63 Å². The highest BCUT2D eigenvalue weighted by Gasteiger charge is 2.29. The van der Waals surface area contributed by atoms with Gasteiger partial charge < -0.3 is 10.8 Å². The highest BCUT2D eigenvalue weighted by atomic mass is 16.7. The molecule has 5 nitrogen and oxygen atoms in total. The molecule has 1 aliphatic heterocycles. The fraction of sp³-hybridized carbons (Fsp3) is 0.833. The highest BCUT2D eigenvalue weighted by molar-refractivity contribution is 5.82. The van der Waals surface area contributed by atoms with Gasteiger partial charge in [-0.1, -0.05) is 0 Å². The quantitative estimate of drug-likeness (QED) is 0.525. The van der Waals surface area contributed by atoms with Crippen LogP contribution in [0.2, 0.25) is 0 Å². The normalized spacial score (nSPS) is 24.7. The minimum atomic E-state index is -0.520. The number of hydrogen-bond donors (Lipinski definition) is 2. The molecule has 0 aromatic heterocycles. The van der Waals surface area contributed by atoms with Gasteiger partial charge in [0.25, 0.3) is 5.91 Å². The maximum atomic E-state index is 11.0. The van der Waals surface area contributed by atoms with Crippen LogP contribution in [0.3, 0.4) is 0 Å². The van der Waals surface area contributed by atoms with Crippen LogP contribution >= 0.6 is 0 Å². The van der Waals surface area contributed by atoms with E-state index in [9.17, 15) is 4.79 Å². The summed E-state index contributed by atoms with van der Waals surface area (Å²) in [5.74, 6) is -0.196. The van der Waals surface area contributed by atoms with Crippen LogP contribution < -0.4 is 5.73 Å². The molecule has 0 saturated carbocycles. The second-order valence-electron chi connectivity index (χ2n) is 2.42. The van der Waals surface area contributed by atoms with Gasteiger partial charge in [0.15, 0.2) is 0 Å². The Morgan fingerprint density at radius 1 is 1.82 bits per heavy atom. The average Bonchev–Trinajstić information content (AvgIpc) is 2.31. The van der Waals surface area contributed by atoms with Crippen molar-refractivity contribution in [3.8, 4) is 0 Å². The summed E-state index contributed by atoms with van der Waals surface area (Å²) in [6.45, 7) is 0.732. The van der Waals surface area contributed by atoms with Crippen LogP contribution in [0.1, 0.15) is 6.42 Å². The van der Waals surface area contributed by atoms with Crippen molar-refractivity contribution in [3.63, 3.8) is 0 Å². The largest absolute Gasteiger partial charge is 0.396 e. The maximum absolute atomic E-state index is 11.0. The van der Waals surface area contributed by atoms with Crippen LogP contribution in [-0.2, 0) is 9.63 Å². The summed E-state index contributed by atoms with van der Waals surface area (Å²) in [4.78, 5) is 15.9. The number of nitrogens with two attached hydrogens (primary N) is 1. The molecule has 1 rings (SSSR count). The molecule has 64 valence electrons. The average molecular weight is 160 g/mol. The van der Waals surface area contributed by atoms with E-state index in [-0.39, 0.29) is 19.1 Å². The van der Waals surface area contributed by atoms with E-state index in [1.54, 1.807) is 0 Å². The zero-order valence-electron chi connectivity index (χ0n) is 6.19. The lowest BCUT2D eigenvalue weighted by Crippen LogP contribution is -2.35. The van der Waals surface area contributed by atoms with Crippen LogP contribution in [0.5, 0.6) is 0 Å². The number of hydrogen-bond acceptors (Lipinski definition) is 4. The molecule has 0 radical (unpaired) electrons. The fourth-order valence-corrected chi connectivity index (χ4v) is 0.879. The van der Waals surface area contributed by atoms with E-state index in [4.69, 9.17) is 15.7 Å². The predicted octanol–water partition coefficient (Wildman–Crippen LogP) is -1.53. The van der Waals surface area contributed by atoms with Crippen LogP contribution in [0.15, 0.2) is 0 Å². The predicted molar refractivity (Wildman–Crippen MR) is 37.3 cm³/mol. The first kappa shape index (κ1) is 8.45. The molecular weight excluding hydrogens is 148 g/mol. The van der Waals surface area contributed by atoms with Crippen molar-refractivity contribution in [2.24, 2.45) is 5.73 Å². The number of carbonyl (C=O) groups excluding carboxylic acids is 1. The molecule has 11 heavy (non-hydrogen) atoms. The van der Waals surface area contributed by atoms with Crippen molar-refractivity contribution in [3.05, 3.63) is 0 Å². The van der Waals surface area contributed by atoms with Crippen molar-refractivity contribution in [2.45, 2.75) is 12.5 Å². The van der Waals surface area contributed by atoms with Crippen molar-refractivity contribution < 1.29 is 14.7 Å². The second-order valence-corrected chi connectivity index (χ2v) is 2.42. The van der Waals surface area contributed by atoms with Crippen LogP contribution in [0, 0.1) is 0 Å². The molecule has 1 heterocycles. The first-order valence-corrected chi connectivity index (χ1v) is 3.56. The molecule has 1 amide bonds. The second kappa shape index (κ2) is 3.66. The molecule has 1 aliphatic rings. The van der Waals surface area contributed by atoms with E-state index in [2.05, 4.69) is 0 Å². The van der Waals surface area contributed by atoms with E-state index in [1.807, 2.05) is 0 Å². The molecule has 1 saturated heterocycles. The highest BCUT2D eigenvalue weighted by Crippen LogP contribution is 2.05. The molecule has 0 aromatic rings. The van der Waals surface area contributed by atoms with Gasteiger partial charge in [-0.15, -0.1) is 0 Å². The summed E-state index contributed by atoms with van der Waals surface area (Å²) in [7, 11) is 0. The molecule has 0 aromatic carbocycles. The molecule has 0 bridgehead atoms. The maximum Gasteiger partial charge on any atom is 0.265 e. The van der Waals surface area contributed by atoms with Gasteiger partial charge in [0.05, 0.1) is 13.2 Å². The molecule has 0 spiro atoms. The number of rotatable bonds is 3. The lowest BCUT2D eigenvalue weighted by Gasteiger charge is -2.12. The van der Waals surface area contributed by atoms with E-state index in [0.29, 0.717) is 13.0 Å². The number of amides is 1. The fourth-order valence-electron chi connectivity index (χ4n) is 0.879. The first-order valence-electron chi connectivity index (χ1n) is 3.56. The van der Waals surface area contributed by atoms with E-state index >= 15 is 0 Å². The third-order valence-electron chi connectivity index (χ3n) is 1.49. The van der Waals surface area contributed by atoms with E-state index in [1.165, 1.54) is 5.06 Å². The lowest BCUT2D eigenvalue weighted by molar-refractivity contribution is -0.162. The molecule has 0 aliphatic carbocycles. The Morgan fingerprint density at radius 2 is 2.55 bits per heavy atom. The Kier molecular flexibility index (Phi) is 2.81. The van der Waals surface area contributed by atoms with E-state index < -0.39 is 6.04 Å². The SMILES string of the molecule is N[C@@H]1CON(CCCO)C1=O. The van der Waals surface area contributed by atoms with Crippen LogP contribution in [0.4, 0.5) is 0 Å². The third kappa shape index (κ3) is 1.89. The van der Waals surface area contributed by atoms with Crippen molar-refractivity contribution in [1.82, 2.24) is 5.06 Å². The summed E-state index contributed by atoms with van der Waals surface area (Å²) in [5, 5.41) is 9.66. The van der Waals surface area contributed by atoms with Gasteiger partial charge in [-0.25, -0.2) is 5.06 Å². The monoisotopic (exact) mass is 160 g/mol. The number of carbonyl (C=O) groups is 1. The van der Waals surface area contributed by atoms with Gasteiger partial charge in [0.1, 0.15) is 6.04 Å². The van der Waals surface area contributed by atoms with Gasteiger partial charge in [0.2, 0.25) is 0 Å². The number of hydroxylamine groups is 2. The number of nitrogens with zero attached hydrogens (tertiary/aromatic N) is 1. The zero-order chi connectivity index (χ0) is 8.27. The third-order valence-corrected chi connectivity index (χ3v) is 1.49. The Bertz CT molecular complexity index is 151. The number of aliphatic hydroxyl groups excluding tert-OH is 1. The van der Waals surface area contributed by atoms with Crippen molar-refractivity contribution >= 4 is 5.91 Å². The molecule has 3 N–H and O–H groups in total. The summed E-state index contributed by atoms with van der Waals surface area (Å²) >= 11 is 0. The smallest absolute Gasteiger partial charge is 0.265 e. The summed E-state index contributed by atoms with van der Waals surface area (Å²) in [6, 6.07) is -0.520. The van der Waals surface area contributed by atoms with Crippen molar-refractivity contribution in [2.75, 3.05) is 19.8 Å². The molecule has 1 atom stereocenters. The van der Waals surface area contributed by atoms with Crippen LogP contribution in [0.25, 0.3) is 0 Å².